The molecule has 0 N–H and O–H groups in total. The monoisotopic (exact) mass is 488 g/mol. The van der Waals surface area contributed by atoms with Gasteiger partial charge in [-0.1, -0.05) is 53.5 Å². The van der Waals surface area contributed by atoms with Gasteiger partial charge in [-0.25, -0.2) is 4.99 Å². The van der Waals surface area contributed by atoms with Crippen molar-refractivity contribution in [2.45, 2.75) is 80.1 Å². The van der Waals surface area contributed by atoms with Crippen molar-refractivity contribution in [3.8, 4) is 0 Å². The van der Waals surface area contributed by atoms with Crippen molar-refractivity contribution in [1.29, 1.82) is 0 Å². The van der Waals surface area contributed by atoms with Gasteiger partial charge < -0.3 is 9.80 Å². The van der Waals surface area contributed by atoms with E-state index in [0.717, 1.165) is 59.5 Å². The molecule has 5 heteroatoms. The molecule has 0 unspecified atom stereocenters. The van der Waals surface area contributed by atoms with Crippen LogP contribution in [0.4, 0.5) is 5.69 Å². The van der Waals surface area contributed by atoms with Crippen LogP contribution in [0.3, 0.4) is 0 Å². The molecule has 2 fully saturated rings. The molecule has 4 rings (SSSR count). The Labute approximate surface area is 198 Å². The molecule has 1 saturated carbocycles. The van der Waals surface area contributed by atoms with Gasteiger partial charge in [0.15, 0.2) is 0 Å². The molecule has 1 aliphatic carbocycles. The summed E-state index contributed by atoms with van der Waals surface area (Å²) in [5, 5.41) is 0. The van der Waals surface area contributed by atoms with Crippen LogP contribution < -0.4 is 4.90 Å². The molecule has 0 amide bonds. The average molecular weight is 490 g/mol. The quantitative estimate of drug-likeness (QED) is 0.438. The van der Waals surface area contributed by atoms with E-state index in [1.54, 1.807) is 0 Å². The standard InChI is InChI=1S/C20H27BrN4.C4H8.C2H6/c1-6-25(18-8-7-15(13(2)3)11-17(18)21)20-22-14(4)16-9-10-24(5)19(12-16)23-20;1-4-2-3-4;1-2/h7-8,11,13H,6,9-10,12H2,1-5H3;4H,2-3H2,1H3;1-2H3. The van der Waals surface area contributed by atoms with Crippen molar-refractivity contribution in [2.24, 2.45) is 15.9 Å². The number of likely N-dealkylation sites (tertiary alicyclic amines) is 1. The number of halogens is 1. The second-order valence-corrected chi connectivity index (χ2v) is 9.62. The summed E-state index contributed by atoms with van der Waals surface area (Å²) < 4.78 is 1.09. The molecule has 0 radical (unpaired) electrons. The van der Waals surface area contributed by atoms with E-state index >= 15 is 0 Å². The molecule has 2 bridgehead atoms. The molecular weight excluding hydrogens is 448 g/mol. The number of anilines is 1. The second kappa shape index (κ2) is 11.8. The van der Waals surface area contributed by atoms with Crippen molar-refractivity contribution >= 4 is 33.4 Å². The fourth-order valence-electron chi connectivity index (χ4n) is 3.46. The third-order valence-corrected chi connectivity index (χ3v) is 6.56. The van der Waals surface area contributed by atoms with E-state index in [4.69, 9.17) is 9.98 Å². The Morgan fingerprint density at radius 3 is 2.35 bits per heavy atom. The zero-order valence-electron chi connectivity index (χ0n) is 20.8. The predicted molar refractivity (Wildman–Crippen MR) is 140 cm³/mol. The molecule has 1 aromatic rings. The molecule has 0 aromatic heterocycles. The average Bonchev–Trinajstić information content (AvgIpc) is 3.55. The van der Waals surface area contributed by atoms with Gasteiger partial charge in [-0.05, 0) is 71.3 Å². The topological polar surface area (TPSA) is 31.2 Å². The lowest BCUT2D eigenvalue weighted by Gasteiger charge is -2.28. The Kier molecular flexibility index (Phi) is 9.80. The predicted octanol–water partition coefficient (Wildman–Crippen LogP) is 7.61. The summed E-state index contributed by atoms with van der Waals surface area (Å²) in [6, 6.07) is 6.59. The molecular formula is C26H41BrN4. The Hall–Kier alpha value is -1.62. The zero-order valence-corrected chi connectivity index (χ0v) is 22.4. The lowest BCUT2D eigenvalue weighted by Crippen LogP contribution is -2.35. The number of piperidine rings is 1. The number of benzene rings is 1. The van der Waals surface area contributed by atoms with Crippen molar-refractivity contribution in [2.75, 3.05) is 25.0 Å². The third kappa shape index (κ3) is 6.93. The van der Waals surface area contributed by atoms with Crippen molar-refractivity contribution in [3.05, 3.63) is 39.5 Å². The maximum atomic E-state index is 4.93. The minimum atomic E-state index is 0.510. The number of amidine groups is 1. The molecule has 0 spiro atoms. The van der Waals surface area contributed by atoms with Crippen LogP contribution in [0.15, 0.2) is 43.9 Å². The summed E-state index contributed by atoms with van der Waals surface area (Å²) >= 11 is 3.76. The van der Waals surface area contributed by atoms with Gasteiger partial charge in [-0.2, -0.15) is 4.99 Å². The highest BCUT2D eigenvalue weighted by Gasteiger charge is 2.24. The van der Waals surface area contributed by atoms with E-state index in [1.807, 2.05) is 13.8 Å². The first-order chi connectivity index (χ1) is 14.8. The van der Waals surface area contributed by atoms with Gasteiger partial charge in [0.2, 0.25) is 5.96 Å². The van der Waals surface area contributed by atoms with Crippen molar-refractivity contribution < 1.29 is 0 Å². The summed E-state index contributed by atoms with van der Waals surface area (Å²) in [7, 11) is 2.12. The Bertz CT molecular complexity index is 834. The first-order valence-corrected chi connectivity index (χ1v) is 12.7. The molecule has 1 saturated heterocycles. The summed E-state index contributed by atoms with van der Waals surface area (Å²) in [5.41, 5.74) is 4.98. The van der Waals surface area contributed by atoms with Gasteiger partial charge in [-0.15, -0.1) is 0 Å². The lowest BCUT2D eigenvalue weighted by atomic mass is 10.0. The summed E-state index contributed by atoms with van der Waals surface area (Å²) in [5.74, 6) is 3.50. The number of nitrogens with zero attached hydrogens (tertiary/aromatic N) is 4. The van der Waals surface area contributed by atoms with Crippen molar-refractivity contribution in [1.82, 2.24) is 4.90 Å². The fraction of sp³-hybridized carbons (Fsp3) is 0.615. The van der Waals surface area contributed by atoms with Gasteiger partial charge in [-0.3, -0.25) is 0 Å². The molecule has 2 aliphatic heterocycles. The maximum absolute atomic E-state index is 4.93. The van der Waals surface area contributed by atoms with Crippen LogP contribution in [0.5, 0.6) is 0 Å². The van der Waals surface area contributed by atoms with Gasteiger partial charge in [0.1, 0.15) is 5.84 Å². The molecule has 31 heavy (non-hydrogen) atoms. The minimum absolute atomic E-state index is 0.510. The highest BCUT2D eigenvalue weighted by atomic mass is 79.9. The van der Waals surface area contributed by atoms with Crippen LogP contribution in [0.25, 0.3) is 0 Å². The molecule has 4 nitrogen and oxygen atoms in total. The van der Waals surface area contributed by atoms with Crippen LogP contribution in [0.2, 0.25) is 0 Å². The molecule has 0 atom stereocenters. The van der Waals surface area contributed by atoms with Gasteiger partial charge in [0.25, 0.3) is 0 Å². The SMILES string of the molecule is CC.CC1CC1.CCN(C1=NC(C)=C2CCN(C)C(=N1)C2)c1ccc(C(C)C)cc1Br. The minimum Gasteiger partial charge on any atom is -0.362 e. The number of hydrogen-bond acceptors (Lipinski definition) is 4. The molecule has 1 aromatic carbocycles. The fourth-order valence-corrected chi connectivity index (χ4v) is 4.07. The van der Waals surface area contributed by atoms with E-state index in [2.05, 4.69) is 85.6 Å². The van der Waals surface area contributed by atoms with E-state index in [9.17, 15) is 0 Å². The van der Waals surface area contributed by atoms with Gasteiger partial charge in [0, 0.05) is 36.7 Å². The first kappa shape index (κ1) is 25.6. The number of rotatable bonds is 3. The number of hydrogen-bond donors (Lipinski definition) is 0. The Balaban J connectivity index is 0.000000499. The largest absolute Gasteiger partial charge is 0.362 e. The highest BCUT2D eigenvalue weighted by molar-refractivity contribution is 9.10. The summed E-state index contributed by atoms with van der Waals surface area (Å²) in [4.78, 5) is 14.3. The number of allylic oxidation sites excluding steroid dienone is 1. The summed E-state index contributed by atoms with van der Waals surface area (Å²) in [6.07, 6.45) is 4.97. The van der Waals surface area contributed by atoms with Crippen LogP contribution in [-0.4, -0.2) is 36.8 Å². The molecule has 3 aliphatic rings. The van der Waals surface area contributed by atoms with Gasteiger partial charge >= 0.3 is 0 Å². The van der Waals surface area contributed by atoms with E-state index < -0.39 is 0 Å². The zero-order chi connectivity index (χ0) is 23.1. The Morgan fingerprint density at radius 1 is 1.19 bits per heavy atom. The first-order valence-electron chi connectivity index (χ1n) is 11.9. The van der Waals surface area contributed by atoms with E-state index in [1.165, 1.54) is 24.0 Å². The Morgan fingerprint density at radius 2 is 1.84 bits per heavy atom. The van der Waals surface area contributed by atoms with E-state index in [-0.39, 0.29) is 0 Å². The maximum Gasteiger partial charge on any atom is 0.231 e. The number of aliphatic imine (C=N–C) groups is 2. The summed E-state index contributed by atoms with van der Waals surface area (Å²) in [6.45, 7) is 16.8. The van der Waals surface area contributed by atoms with Crippen LogP contribution >= 0.6 is 15.9 Å². The van der Waals surface area contributed by atoms with Crippen molar-refractivity contribution in [3.63, 3.8) is 0 Å². The number of fused-ring (bicyclic) bond motifs is 2. The second-order valence-electron chi connectivity index (χ2n) is 8.77. The van der Waals surface area contributed by atoms with Crippen LogP contribution in [0.1, 0.15) is 85.6 Å². The normalized spacial score (nSPS) is 17.7. The molecule has 2 heterocycles. The third-order valence-electron chi connectivity index (χ3n) is 5.92. The smallest absolute Gasteiger partial charge is 0.231 e. The van der Waals surface area contributed by atoms with Gasteiger partial charge in [0.05, 0.1) is 5.69 Å². The van der Waals surface area contributed by atoms with Crippen LogP contribution in [0, 0.1) is 5.92 Å². The number of guanidine groups is 1. The molecule has 172 valence electrons. The lowest BCUT2D eigenvalue weighted by molar-refractivity contribution is 0.474. The van der Waals surface area contributed by atoms with E-state index in [0.29, 0.717) is 5.92 Å². The van der Waals surface area contributed by atoms with Crippen LogP contribution in [-0.2, 0) is 0 Å². The highest BCUT2D eigenvalue weighted by Crippen LogP contribution is 2.32.